The lowest BCUT2D eigenvalue weighted by molar-refractivity contribution is -0.130. The van der Waals surface area contributed by atoms with Gasteiger partial charge < -0.3 is 0 Å². The van der Waals surface area contributed by atoms with Gasteiger partial charge in [-0.25, -0.2) is 0 Å². The molecule has 2 amide bonds. The predicted octanol–water partition coefficient (Wildman–Crippen LogP) is 3.31. The molecule has 6 nitrogen and oxygen atoms in total. The summed E-state index contributed by atoms with van der Waals surface area (Å²) in [6, 6.07) is 1.85. The van der Waals surface area contributed by atoms with Gasteiger partial charge >= 0.3 is 0 Å². The first-order chi connectivity index (χ1) is 12.9. The minimum atomic E-state index is -0.255. The molecular formula is C20H26N4O2S. The van der Waals surface area contributed by atoms with Crippen molar-refractivity contribution in [2.24, 2.45) is 30.2 Å². The van der Waals surface area contributed by atoms with E-state index in [2.05, 4.69) is 16.0 Å². The van der Waals surface area contributed by atoms with Crippen LogP contribution in [0.2, 0.25) is 0 Å². The molecule has 6 rings (SSSR count). The Bertz CT molecular complexity index is 858. The van der Waals surface area contributed by atoms with Gasteiger partial charge in [0, 0.05) is 18.9 Å². The number of hydrogen-bond donors (Lipinski definition) is 2. The fraction of sp³-hybridized carbons (Fsp3) is 0.650. The van der Waals surface area contributed by atoms with Crippen LogP contribution in [0, 0.1) is 30.1 Å². The Morgan fingerprint density at radius 2 is 1.81 bits per heavy atom. The lowest BCUT2D eigenvalue weighted by atomic mass is 9.49. The van der Waals surface area contributed by atoms with E-state index in [1.807, 2.05) is 20.0 Å². The van der Waals surface area contributed by atoms with Gasteiger partial charge in [-0.2, -0.15) is 5.10 Å². The van der Waals surface area contributed by atoms with Crippen molar-refractivity contribution >= 4 is 33.4 Å². The normalized spacial score (nSPS) is 31.4. The monoisotopic (exact) mass is 386 g/mol. The standard InChI is InChI=1S/C20H26N4O2S/c1-11-15-6-16(27-19(15)24(2)23-11)18(26)22-21-17(25)10-20-7-12-3-13(8-20)5-14(4-12)9-20/h6,12-14H,3-5,7-10H2,1-2H3,(H,21,25)(H,22,26). The van der Waals surface area contributed by atoms with Crippen LogP contribution in [-0.2, 0) is 11.8 Å². The second kappa shape index (κ2) is 6.06. The van der Waals surface area contributed by atoms with Crippen LogP contribution < -0.4 is 10.9 Å². The van der Waals surface area contributed by atoms with E-state index in [1.165, 1.54) is 49.9 Å². The number of fused-ring (bicyclic) bond motifs is 1. The maximum atomic E-state index is 12.6. The fourth-order valence-corrected chi connectivity index (χ4v) is 7.41. The van der Waals surface area contributed by atoms with Crippen molar-refractivity contribution in [3.05, 3.63) is 16.6 Å². The molecular weight excluding hydrogens is 360 g/mol. The first kappa shape index (κ1) is 17.2. The molecule has 4 aliphatic carbocycles. The highest BCUT2D eigenvalue weighted by Gasteiger charge is 2.51. The highest BCUT2D eigenvalue weighted by atomic mass is 32.1. The molecule has 2 aromatic heterocycles. The van der Waals surface area contributed by atoms with Crippen LogP contribution in [0.5, 0.6) is 0 Å². The van der Waals surface area contributed by atoms with Gasteiger partial charge in [-0.15, -0.1) is 11.3 Å². The average molecular weight is 387 g/mol. The minimum absolute atomic E-state index is 0.0516. The lowest BCUT2D eigenvalue weighted by Gasteiger charge is -2.56. The molecule has 0 spiro atoms. The van der Waals surface area contributed by atoms with Crippen LogP contribution in [0.3, 0.4) is 0 Å². The summed E-state index contributed by atoms with van der Waals surface area (Å²) >= 11 is 1.40. The van der Waals surface area contributed by atoms with Gasteiger partial charge in [0.15, 0.2) is 0 Å². The number of aromatic nitrogens is 2. The summed E-state index contributed by atoms with van der Waals surface area (Å²) in [5.74, 6) is 2.18. The van der Waals surface area contributed by atoms with Crippen molar-refractivity contribution < 1.29 is 9.59 Å². The summed E-state index contributed by atoms with van der Waals surface area (Å²) in [6.45, 7) is 1.93. The quantitative estimate of drug-likeness (QED) is 0.795. The number of hydrogen-bond acceptors (Lipinski definition) is 4. The number of hydrazine groups is 1. The Labute approximate surface area is 162 Å². The number of carbonyl (C=O) groups is 2. The molecule has 4 fully saturated rings. The number of thiophene rings is 1. The zero-order chi connectivity index (χ0) is 18.8. The third kappa shape index (κ3) is 2.96. The van der Waals surface area contributed by atoms with Gasteiger partial charge in [-0.1, -0.05) is 0 Å². The average Bonchev–Trinajstić information content (AvgIpc) is 3.13. The predicted molar refractivity (Wildman–Crippen MR) is 104 cm³/mol. The second-order valence-electron chi connectivity index (χ2n) is 9.14. The van der Waals surface area contributed by atoms with Crippen LogP contribution in [0.15, 0.2) is 6.07 Å². The van der Waals surface area contributed by atoms with Crippen molar-refractivity contribution in [3.63, 3.8) is 0 Å². The molecule has 27 heavy (non-hydrogen) atoms. The summed E-state index contributed by atoms with van der Waals surface area (Å²) in [4.78, 5) is 26.6. The van der Waals surface area contributed by atoms with Crippen molar-refractivity contribution in [3.8, 4) is 0 Å². The smallest absolute Gasteiger partial charge is 0.273 e. The number of amides is 2. The number of rotatable bonds is 3. The Balaban J connectivity index is 1.21. The topological polar surface area (TPSA) is 76.0 Å². The molecule has 0 aromatic carbocycles. The van der Waals surface area contributed by atoms with E-state index in [-0.39, 0.29) is 17.2 Å². The van der Waals surface area contributed by atoms with Crippen molar-refractivity contribution in [1.82, 2.24) is 20.6 Å². The molecule has 2 aromatic rings. The molecule has 144 valence electrons. The SMILES string of the molecule is Cc1nn(C)c2sc(C(=O)NNC(=O)CC34CC5CC(CC(C5)C3)C4)cc12. The zero-order valence-corrected chi connectivity index (χ0v) is 16.7. The fourth-order valence-electron chi connectivity index (χ4n) is 6.40. The van der Waals surface area contributed by atoms with Gasteiger partial charge in [-0.05, 0) is 74.7 Å². The highest BCUT2D eigenvalue weighted by molar-refractivity contribution is 7.20. The van der Waals surface area contributed by atoms with Gasteiger partial charge in [0.1, 0.15) is 4.83 Å². The molecule has 7 heteroatoms. The van der Waals surface area contributed by atoms with Crippen molar-refractivity contribution in [1.29, 1.82) is 0 Å². The van der Waals surface area contributed by atoms with Crippen molar-refractivity contribution in [2.45, 2.75) is 51.9 Å². The number of nitrogens with one attached hydrogen (secondary N) is 2. The molecule has 4 saturated carbocycles. The minimum Gasteiger partial charge on any atom is -0.273 e. The van der Waals surface area contributed by atoms with E-state index in [0.717, 1.165) is 33.7 Å². The molecule has 4 bridgehead atoms. The van der Waals surface area contributed by atoms with Gasteiger partial charge in [0.25, 0.3) is 5.91 Å². The third-order valence-corrected chi connectivity index (χ3v) is 8.14. The molecule has 2 heterocycles. The lowest BCUT2D eigenvalue weighted by Crippen LogP contribution is -2.50. The van der Waals surface area contributed by atoms with Crippen LogP contribution in [0.25, 0.3) is 10.2 Å². The first-order valence-electron chi connectivity index (χ1n) is 9.93. The van der Waals surface area contributed by atoms with Gasteiger partial charge in [-0.3, -0.25) is 25.1 Å². The summed E-state index contributed by atoms with van der Waals surface area (Å²) < 4.78 is 1.79. The second-order valence-corrected chi connectivity index (χ2v) is 10.2. The summed E-state index contributed by atoms with van der Waals surface area (Å²) in [6.07, 6.45) is 8.26. The molecule has 0 unspecified atom stereocenters. The summed E-state index contributed by atoms with van der Waals surface area (Å²) in [5.41, 5.74) is 6.38. The van der Waals surface area contributed by atoms with Crippen LogP contribution in [-0.4, -0.2) is 21.6 Å². The van der Waals surface area contributed by atoms with Gasteiger partial charge in [0.05, 0.1) is 10.6 Å². The first-order valence-corrected chi connectivity index (χ1v) is 10.7. The zero-order valence-electron chi connectivity index (χ0n) is 15.9. The summed E-state index contributed by atoms with van der Waals surface area (Å²) in [5, 5.41) is 5.35. The van der Waals surface area contributed by atoms with Crippen LogP contribution in [0.4, 0.5) is 0 Å². The van der Waals surface area contributed by atoms with E-state index in [0.29, 0.717) is 11.3 Å². The van der Waals surface area contributed by atoms with Gasteiger partial charge in [0.2, 0.25) is 5.91 Å². The Morgan fingerprint density at radius 3 is 2.41 bits per heavy atom. The van der Waals surface area contributed by atoms with E-state index in [4.69, 9.17) is 0 Å². The molecule has 0 radical (unpaired) electrons. The summed E-state index contributed by atoms with van der Waals surface area (Å²) in [7, 11) is 1.88. The van der Waals surface area contributed by atoms with Crippen molar-refractivity contribution in [2.75, 3.05) is 0 Å². The molecule has 0 saturated heterocycles. The molecule has 0 aliphatic heterocycles. The maximum absolute atomic E-state index is 12.6. The van der Waals surface area contributed by atoms with E-state index < -0.39 is 0 Å². The third-order valence-electron chi connectivity index (χ3n) is 6.94. The Kier molecular flexibility index (Phi) is 3.86. The van der Waals surface area contributed by atoms with E-state index >= 15 is 0 Å². The Morgan fingerprint density at radius 1 is 1.19 bits per heavy atom. The molecule has 2 N–H and O–H groups in total. The van der Waals surface area contributed by atoms with E-state index in [9.17, 15) is 9.59 Å². The molecule has 4 aliphatic rings. The van der Waals surface area contributed by atoms with Crippen LogP contribution >= 0.6 is 11.3 Å². The molecule has 0 atom stereocenters. The maximum Gasteiger partial charge on any atom is 0.279 e. The number of nitrogens with zero attached hydrogens (tertiary/aromatic N) is 2. The number of carbonyl (C=O) groups excluding carboxylic acids is 2. The number of aryl methyl sites for hydroxylation is 2. The highest BCUT2D eigenvalue weighted by Crippen LogP contribution is 2.61. The van der Waals surface area contributed by atoms with E-state index in [1.54, 1.807) is 4.68 Å². The Hall–Kier alpha value is -1.89. The van der Waals surface area contributed by atoms with Crippen LogP contribution in [0.1, 0.15) is 60.3 Å². The largest absolute Gasteiger partial charge is 0.279 e.